The predicted molar refractivity (Wildman–Crippen MR) is 91.9 cm³/mol. The number of hydrogen-bond acceptors (Lipinski definition) is 7. The Morgan fingerprint density at radius 3 is 2.58 bits per heavy atom. The maximum Gasteiger partial charge on any atom is 0.267 e. The third-order valence-corrected chi connectivity index (χ3v) is 4.64. The van der Waals surface area contributed by atoms with E-state index in [2.05, 4.69) is 15.1 Å². The van der Waals surface area contributed by atoms with Crippen molar-refractivity contribution in [1.82, 2.24) is 20.0 Å². The van der Waals surface area contributed by atoms with E-state index in [0.717, 1.165) is 19.5 Å². The number of aryl methyl sites for hydroxylation is 1. The van der Waals surface area contributed by atoms with E-state index in [1.807, 2.05) is 36.1 Å². The Bertz CT molecular complexity index is 770. The highest BCUT2D eigenvalue weighted by Crippen LogP contribution is 2.31. The zero-order valence-electron chi connectivity index (χ0n) is 14.8. The molecule has 138 valence electrons. The van der Waals surface area contributed by atoms with Crippen LogP contribution in [0.4, 0.5) is 0 Å². The van der Waals surface area contributed by atoms with Gasteiger partial charge < -0.3 is 18.8 Å². The van der Waals surface area contributed by atoms with E-state index in [1.165, 1.54) is 0 Å². The predicted octanol–water partition coefficient (Wildman–Crippen LogP) is 1.12. The quantitative estimate of drug-likeness (QED) is 0.810. The SMILES string of the molecule is CCc1nnc(CN2CCN(C(=O)C3COc4ccccc4O3)CC2)o1. The first-order chi connectivity index (χ1) is 12.7. The minimum absolute atomic E-state index is 0.0230. The Morgan fingerprint density at radius 2 is 1.85 bits per heavy atom. The number of aromatic nitrogens is 2. The van der Waals surface area contributed by atoms with Crippen LogP contribution in [0.1, 0.15) is 18.7 Å². The highest BCUT2D eigenvalue weighted by molar-refractivity contribution is 5.82. The molecule has 1 saturated heterocycles. The van der Waals surface area contributed by atoms with Crippen LogP contribution >= 0.6 is 0 Å². The highest BCUT2D eigenvalue weighted by Gasteiger charge is 2.32. The Labute approximate surface area is 151 Å². The molecule has 8 heteroatoms. The van der Waals surface area contributed by atoms with Crippen LogP contribution in [-0.2, 0) is 17.8 Å². The molecule has 0 spiro atoms. The molecule has 0 N–H and O–H groups in total. The molecule has 1 unspecified atom stereocenters. The van der Waals surface area contributed by atoms with Crippen molar-refractivity contribution in [3.8, 4) is 11.5 Å². The van der Waals surface area contributed by atoms with Gasteiger partial charge in [-0.15, -0.1) is 10.2 Å². The third-order valence-electron chi connectivity index (χ3n) is 4.64. The van der Waals surface area contributed by atoms with Gasteiger partial charge in [-0.3, -0.25) is 9.69 Å². The molecule has 26 heavy (non-hydrogen) atoms. The van der Waals surface area contributed by atoms with Gasteiger partial charge in [0, 0.05) is 32.6 Å². The first kappa shape index (κ1) is 16.8. The standard InChI is InChI=1S/C18H22N4O4/c1-2-16-19-20-17(26-16)11-21-7-9-22(10-8-21)18(23)15-12-24-13-5-3-4-6-14(13)25-15/h3-6,15H,2,7-12H2,1H3. The van der Waals surface area contributed by atoms with E-state index in [-0.39, 0.29) is 12.5 Å². The number of carbonyl (C=O) groups is 1. The number of fused-ring (bicyclic) bond motifs is 1. The first-order valence-corrected chi connectivity index (χ1v) is 8.94. The normalized spacial score (nSPS) is 20.2. The summed E-state index contributed by atoms with van der Waals surface area (Å²) in [5, 5.41) is 8.04. The number of benzene rings is 1. The van der Waals surface area contributed by atoms with Crippen molar-refractivity contribution in [2.75, 3.05) is 32.8 Å². The van der Waals surface area contributed by atoms with Gasteiger partial charge in [-0.25, -0.2) is 0 Å². The lowest BCUT2D eigenvalue weighted by Gasteiger charge is -2.36. The Kier molecular flexibility index (Phi) is 4.75. The number of ether oxygens (including phenoxy) is 2. The average Bonchev–Trinajstić information content (AvgIpc) is 3.15. The van der Waals surface area contributed by atoms with E-state index in [0.29, 0.717) is 42.9 Å². The lowest BCUT2D eigenvalue weighted by molar-refractivity contribution is -0.143. The number of carbonyl (C=O) groups excluding carboxylic acids is 1. The summed E-state index contributed by atoms with van der Waals surface area (Å²) in [6.07, 6.45) is 0.154. The summed E-state index contributed by atoms with van der Waals surface area (Å²) in [4.78, 5) is 16.8. The second-order valence-corrected chi connectivity index (χ2v) is 6.41. The molecule has 2 aromatic rings. The smallest absolute Gasteiger partial charge is 0.267 e. The van der Waals surface area contributed by atoms with Crippen LogP contribution in [0.25, 0.3) is 0 Å². The molecule has 0 bridgehead atoms. The maximum absolute atomic E-state index is 12.7. The van der Waals surface area contributed by atoms with Gasteiger partial charge in [-0.2, -0.15) is 0 Å². The minimum Gasteiger partial charge on any atom is -0.485 e. The lowest BCUT2D eigenvalue weighted by atomic mass is 10.2. The highest BCUT2D eigenvalue weighted by atomic mass is 16.6. The van der Waals surface area contributed by atoms with E-state index in [4.69, 9.17) is 13.9 Å². The number of amides is 1. The first-order valence-electron chi connectivity index (χ1n) is 8.94. The minimum atomic E-state index is -0.584. The zero-order chi connectivity index (χ0) is 17.9. The third kappa shape index (κ3) is 3.50. The van der Waals surface area contributed by atoms with Crippen molar-refractivity contribution < 1.29 is 18.7 Å². The summed E-state index contributed by atoms with van der Waals surface area (Å²) in [5.41, 5.74) is 0. The van der Waals surface area contributed by atoms with Crippen LogP contribution in [0.2, 0.25) is 0 Å². The van der Waals surface area contributed by atoms with Crippen LogP contribution in [0.15, 0.2) is 28.7 Å². The molecule has 8 nitrogen and oxygen atoms in total. The molecule has 0 aliphatic carbocycles. The van der Waals surface area contributed by atoms with E-state index in [9.17, 15) is 4.79 Å². The number of nitrogens with zero attached hydrogens (tertiary/aromatic N) is 4. The zero-order valence-corrected chi connectivity index (χ0v) is 14.8. The van der Waals surface area contributed by atoms with Gasteiger partial charge in [-0.05, 0) is 12.1 Å². The van der Waals surface area contributed by atoms with Gasteiger partial charge in [0.2, 0.25) is 17.9 Å². The summed E-state index contributed by atoms with van der Waals surface area (Å²) in [6, 6.07) is 7.42. The molecule has 1 atom stereocenters. The molecular weight excluding hydrogens is 336 g/mol. The Balaban J connectivity index is 1.30. The Morgan fingerprint density at radius 1 is 1.12 bits per heavy atom. The van der Waals surface area contributed by atoms with E-state index < -0.39 is 6.10 Å². The molecule has 2 aliphatic heterocycles. The molecule has 3 heterocycles. The summed E-state index contributed by atoms with van der Waals surface area (Å²) in [5.74, 6) is 2.57. The number of rotatable bonds is 4. The van der Waals surface area contributed by atoms with E-state index >= 15 is 0 Å². The van der Waals surface area contributed by atoms with Gasteiger partial charge in [0.1, 0.15) is 6.61 Å². The summed E-state index contributed by atoms with van der Waals surface area (Å²) in [6.45, 7) is 5.67. The van der Waals surface area contributed by atoms with Crippen molar-refractivity contribution in [3.63, 3.8) is 0 Å². The van der Waals surface area contributed by atoms with Crippen LogP contribution in [0.5, 0.6) is 11.5 Å². The monoisotopic (exact) mass is 358 g/mol. The molecule has 2 aliphatic rings. The van der Waals surface area contributed by atoms with Crippen molar-refractivity contribution in [2.24, 2.45) is 0 Å². The van der Waals surface area contributed by atoms with Crippen molar-refractivity contribution in [1.29, 1.82) is 0 Å². The summed E-state index contributed by atoms with van der Waals surface area (Å²) >= 11 is 0. The molecule has 1 amide bonds. The average molecular weight is 358 g/mol. The molecule has 1 aromatic heterocycles. The number of para-hydroxylation sites is 2. The van der Waals surface area contributed by atoms with Crippen molar-refractivity contribution in [3.05, 3.63) is 36.0 Å². The molecular formula is C18H22N4O4. The number of hydrogen-bond donors (Lipinski definition) is 0. The van der Waals surface area contributed by atoms with Gasteiger partial charge in [0.15, 0.2) is 11.5 Å². The van der Waals surface area contributed by atoms with Crippen molar-refractivity contribution >= 4 is 5.91 Å². The summed E-state index contributed by atoms with van der Waals surface area (Å²) in [7, 11) is 0. The van der Waals surface area contributed by atoms with Gasteiger partial charge in [0.25, 0.3) is 5.91 Å². The molecule has 4 rings (SSSR count). The van der Waals surface area contributed by atoms with Crippen LogP contribution in [0, 0.1) is 0 Å². The lowest BCUT2D eigenvalue weighted by Crippen LogP contribution is -2.53. The number of piperazine rings is 1. The van der Waals surface area contributed by atoms with Gasteiger partial charge in [0.05, 0.1) is 6.54 Å². The largest absolute Gasteiger partial charge is 0.485 e. The van der Waals surface area contributed by atoms with Crippen molar-refractivity contribution in [2.45, 2.75) is 26.0 Å². The molecule has 1 aromatic carbocycles. The maximum atomic E-state index is 12.7. The van der Waals surface area contributed by atoms with Gasteiger partial charge in [-0.1, -0.05) is 19.1 Å². The Hall–Kier alpha value is -2.61. The second-order valence-electron chi connectivity index (χ2n) is 6.41. The summed E-state index contributed by atoms with van der Waals surface area (Å²) < 4.78 is 17.0. The fraction of sp³-hybridized carbons (Fsp3) is 0.500. The van der Waals surface area contributed by atoms with E-state index in [1.54, 1.807) is 0 Å². The van der Waals surface area contributed by atoms with Crippen LogP contribution in [0.3, 0.4) is 0 Å². The molecule has 1 fully saturated rings. The van der Waals surface area contributed by atoms with Crippen LogP contribution in [-0.4, -0.2) is 64.8 Å². The molecule has 0 radical (unpaired) electrons. The topological polar surface area (TPSA) is 80.9 Å². The van der Waals surface area contributed by atoms with Gasteiger partial charge >= 0.3 is 0 Å². The fourth-order valence-electron chi connectivity index (χ4n) is 3.16. The second kappa shape index (κ2) is 7.33. The fourth-order valence-corrected chi connectivity index (χ4v) is 3.16. The molecule has 0 saturated carbocycles. The van der Waals surface area contributed by atoms with Crippen LogP contribution < -0.4 is 9.47 Å².